The van der Waals surface area contributed by atoms with Crippen molar-refractivity contribution in [2.45, 2.75) is 6.42 Å². The second-order valence-corrected chi connectivity index (χ2v) is 4.85. The molecule has 0 unspecified atom stereocenters. The van der Waals surface area contributed by atoms with E-state index < -0.39 is 0 Å². The lowest BCUT2D eigenvalue weighted by atomic mass is 10.2. The Morgan fingerprint density at radius 1 is 1.00 bits per heavy atom. The van der Waals surface area contributed by atoms with Gasteiger partial charge in [-0.15, -0.1) is 0 Å². The zero-order valence-electron chi connectivity index (χ0n) is 8.76. The molecule has 1 aliphatic heterocycles. The number of hydrogen-bond acceptors (Lipinski definition) is 2. The van der Waals surface area contributed by atoms with Crippen LogP contribution in [0.25, 0.3) is 0 Å². The van der Waals surface area contributed by atoms with Gasteiger partial charge in [-0.05, 0) is 11.0 Å². The largest absolute Gasteiger partial charge is 0.245 e. The van der Waals surface area contributed by atoms with E-state index in [9.17, 15) is 0 Å². The molecule has 1 aromatic rings. The van der Waals surface area contributed by atoms with Crippen LogP contribution in [0.2, 0.25) is 0 Å². The summed E-state index contributed by atoms with van der Waals surface area (Å²) in [6.07, 6.45) is 9.37. The number of thioether (sulfide) groups is 1. The molecular weight excluding hydrogens is 214 g/mol. The lowest BCUT2D eigenvalue weighted by molar-refractivity contribution is 1.15. The average Bonchev–Trinajstić information content (AvgIpc) is 2.51. The van der Waals surface area contributed by atoms with E-state index in [2.05, 4.69) is 53.6 Å². The second-order valence-electron chi connectivity index (χ2n) is 3.74. The molecule has 3 rings (SSSR count). The average molecular weight is 225 g/mol. The lowest BCUT2D eigenvalue weighted by Gasteiger charge is -2.15. The predicted molar refractivity (Wildman–Crippen MR) is 70.5 cm³/mol. The van der Waals surface area contributed by atoms with Crippen LogP contribution in [-0.4, -0.2) is 5.04 Å². The monoisotopic (exact) mass is 225 g/mol. The van der Waals surface area contributed by atoms with Crippen molar-refractivity contribution in [1.29, 1.82) is 0 Å². The molecule has 2 aliphatic rings. The summed E-state index contributed by atoms with van der Waals surface area (Å²) in [6.45, 7) is 0. The first-order valence-corrected chi connectivity index (χ1v) is 6.12. The molecule has 0 saturated carbocycles. The third-order valence-electron chi connectivity index (χ3n) is 2.53. The Balaban J connectivity index is 2.03. The topological polar surface area (TPSA) is 12.4 Å². The molecule has 2 heteroatoms. The molecule has 16 heavy (non-hydrogen) atoms. The van der Waals surface area contributed by atoms with E-state index in [1.807, 2.05) is 6.07 Å². The Morgan fingerprint density at radius 2 is 1.81 bits per heavy atom. The van der Waals surface area contributed by atoms with E-state index >= 15 is 0 Å². The fourth-order valence-corrected chi connectivity index (χ4v) is 2.79. The highest BCUT2D eigenvalue weighted by Crippen LogP contribution is 2.35. The number of fused-ring (bicyclic) bond motifs is 2. The van der Waals surface area contributed by atoms with E-state index in [4.69, 9.17) is 0 Å². The van der Waals surface area contributed by atoms with Crippen molar-refractivity contribution < 1.29 is 0 Å². The second kappa shape index (κ2) is 4.14. The summed E-state index contributed by atoms with van der Waals surface area (Å²) < 4.78 is 0. The van der Waals surface area contributed by atoms with Gasteiger partial charge >= 0.3 is 0 Å². The minimum atomic E-state index is 0.966. The highest BCUT2D eigenvalue weighted by Gasteiger charge is 2.16. The Morgan fingerprint density at radius 3 is 2.69 bits per heavy atom. The number of allylic oxidation sites excluding steroid dienone is 5. The van der Waals surface area contributed by atoms with Gasteiger partial charge in [0.1, 0.15) is 5.04 Å². The van der Waals surface area contributed by atoms with Crippen molar-refractivity contribution in [1.82, 2.24) is 0 Å². The van der Waals surface area contributed by atoms with E-state index in [0.717, 1.165) is 17.2 Å². The summed E-state index contributed by atoms with van der Waals surface area (Å²) >= 11 is 1.77. The number of aliphatic imine (C=N–C) groups is 1. The van der Waals surface area contributed by atoms with Gasteiger partial charge < -0.3 is 0 Å². The Hall–Kier alpha value is -1.54. The molecular formula is C14H11NS. The summed E-state index contributed by atoms with van der Waals surface area (Å²) in [5, 5.41) is 1.10. The minimum Gasteiger partial charge on any atom is -0.245 e. The quantitative estimate of drug-likeness (QED) is 0.706. The smallest absolute Gasteiger partial charge is 0.108 e. The summed E-state index contributed by atoms with van der Waals surface area (Å²) in [5.41, 5.74) is 2.35. The molecule has 0 atom stereocenters. The fraction of sp³-hybridized carbons (Fsp3) is 0.0714. The van der Waals surface area contributed by atoms with Crippen LogP contribution in [-0.2, 0) is 0 Å². The Bertz CT molecular complexity index is 521. The highest BCUT2D eigenvalue weighted by atomic mass is 32.2. The number of hydrogen-bond donors (Lipinski definition) is 0. The summed E-state index contributed by atoms with van der Waals surface area (Å²) in [7, 11) is 0. The minimum absolute atomic E-state index is 0.966. The first-order valence-electron chi connectivity index (χ1n) is 5.30. The normalized spacial score (nSPS) is 18.4. The predicted octanol–water partition coefficient (Wildman–Crippen LogP) is 3.91. The maximum absolute atomic E-state index is 4.68. The molecule has 0 amide bonds. The summed E-state index contributed by atoms with van der Waals surface area (Å²) in [5.74, 6) is 0. The van der Waals surface area contributed by atoms with Crippen LogP contribution < -0.4 is 0 Å². The third-order valence-corrected chi connectivity index (χ3v) is 3.59. The number of nitrogens with zero attached hydrogens (tertiary/aromatic N) is 1. The van der Waals surface area contributed by atoms with Crippen LogP contribution in [0.5, 0.6) is 0 Å². The maximum Gasteiger partial charge on any atom is 0.108 e. The zero-order valence-corrected chi connectivity index (χ0v) is 9.58. The lowest BCUT2D eigenvalue weighted by Crippen LogP contribution is -2.02. The van der Waals surface area contributed by atoms with Gasteiger partial charge in [-0.3, -0.25) is 0 Å². The van der Waals surface area contributed by atoms with Crippen LogP contribution in [0.15, 0.2) is 70.2 Å². The van der Waals surface area contributed by atoms with Gasteiger partial charge in [-0.25, -0.2) is 4.99 Å². The van der Waals surface area contributed by atoms with Crippen LogP contribution in [0.1, 0.15) is 12.0 Å². The zero-order chi connectivity index (χ0) is 10.8. The standard InChI is InChI=1S/C14H11NS/c1-2-6-11(7-3-1)14-15-12-8-4-5-9-13(10-12)16-14/h1-9H,10H2. The van der Waals surface area contributed by atoms with Crippen LogP contribution >= 0.6 is 11.8 Å². The van der Waals surface area contributed by atoms with Crippen LogP contribution in [0.4, 0.5) is 0 Å². The van der Waals surface area contributed by atoms with Gasteiger partial charge in [0.25, 0.3) is 0 Å². The van der Waals surface area contributed by atoms with Crippen molar-refractivity contribution in [2.75, 3.05) is 0 Å². The first kappa shape index (κ1) is 9.67. The SMILES string of the molecule is C1=CC=C2CC(=C1)N=C(c1ccccc1)S2. The maximum atomic E-state index is 4.68. The molecule has 1 aromatic carbocycles. The Labute approximate surface area is 99.3 Å². The number of benzene rings is 1. The van der Waals surface area contributed by atoms with Crippen molar-refractivity contribution >= 4 is 16.8 Å². The van der Waals surface area contributed by atoms with Gasteiger partial charge in [0.15, 0.2) is 0 Å². The van der Waals surface area contributed by atoms with Crippen molar-refractivity contribution in [3.8, 4) is 0 Å². The molecule has 0 fully saturated rings. The van der Waals surface area contributed by atoms with Crippen molar-refractivity contribution in [2.24, 2.45) is 4.99 Å². The van der Waals surface area contributed by atoms with Gasteiger partial charge in [-0.2, -0.15) is 0 Å². The highest BCUT2D eigenvalue weighted by molar-refractivity contribution is 8.17. The van der Waals surface area contributed by atoms with Crippen LogP contribution in [0.3, 0.4) is 0 Å². The molecule has 1 nitrogen and oxygen atoms in total. The van der Waals surface area contributed by atoms with Gasteiger partial charge in [-0.1, -0.05) is 60.3 Å². The van der Waals surface area contributed by atoms with Gasteiger partial charge in [0.2, 0.25) is 0 Å². The molecule has 2 bridgehead atoms. The molecule has 0 aromatic heterocycles. The van der Waals surface area contributed by atoms with Gasteiger partial charge in [0.05, 0.1) is 0 Å². The molecule has 0 spiro atoms. The molecule has 1 heterocycles. The van der Waals surface area contributed by atoms with Crippen molar-refractivity contribution in [3.63, 3.8) is 0 Å². The summed E-state index contributed by atoms with van der Waals surface area (Å²) in [4.78, 5) is 6.05. The molecule has 0 N–H and O–H groups in total. The van der Waals surface area contributed by atoms with E-state index in [-0.39, 0.29) is 0 Å². The third kappa shape index (κ3) is 1.89. The van der Waals surface area contributed by atoms with E-state index in [0.29, 0.717) is 0 Å². The van der Waals surface area contributed by atoms with E-state index in [1.54, 1.807) is 11.8 Å². The first-order chi connectivity index (χ1) is 7.92. The molecule has 78 valence electrons. The summed E-state index contributed by atoms with van der Waals surface area (Å²) in [6, 6.07) is 10.4. The van der Waals surface area contributed by atoms with E-state index in [1.165, 1.54) is 10.5 Å². The number of rotatable bonds is 1. The Kier molecular flexibility index (Phi) is 2.50. The molecule has 0 saturated heterocycles. The molecule has 1 aliphatic carbocycles. The fourth-order valence-electron chi connectivity index (χ4n) is 1.75. The van der Waals surface area contributed by atoms with Crippen LogP contribution in [0, 0.1) is 0 Å². The molecule has 0 radical (unpaired) electrons. The van der Waals surface area contributed by atoms with Crippen molar-refractivity contribution in [3.05, 3.63) is 70.8 Å². The van der Waals surface area contributed by atoms with Gasteiger partial charge in [0, 0.05) is 17.7 Å².